The summed E-state index contributed by atoms with van der Waals surface area (Å²) in [6.45, 7) is 5.33. The predicted octanol–water partition coefficient (Wildman–Crippen LogP) is 3.57. The third kappa shape index (κ3) is 3.83. The Morgan fingerprint density at radius 1 is 1.31 bits per heavy atom. The quantitative estimate of drug-likeness (QED) is 0.750. The van der Waals surface area contributed by atoms with Crippen molar-refractivity contribution >= 4 is 15.9 Å². The zero-order chi connectivity index (χ0) is 12.1. The van der Waals surface area contributed by atoms with Gasteiger partial charge in [-0.05, 0) is 32.0 Å². The Balaban J connectivity index is 2.80. The molecule has 0 atom stereocenters. The lowest BCUT2D eigenvalue weighted by molar-refractivity contribution is 0.224. The van der Waals surface area contributed by atoms with Crippen molar-refractivity contribution in [1.29, 1.82) is 0 Å². The van der Waals surface area contributed by atoms with Crippen LogP contribution in [-0.2, 0) is 6.54 Å². The minimum absolute atomic E-state index is 0.306. The zero-order valence-corrected chi connectivity index (χ0v) is 11.1. The van der Waals surface area contributed by atoms with Crippen molar-refractivity contribution in [2.24, 2.45) is 0 Å². The van der Waals surface area contributed by atoms with Crippen LogP contribution < -0.4 is 0 Å². The average Bonchev–Trinajstić information content (AvgIpc) is 2.22. The highest BCUT2D eigenvalue weighted by Gasteiger charge is 2.12. The summed E-state index contributed by atoms with van der Waals surface area (Å²) in [5.41, 5.74) is 0.412. The molecule has 0 aliphatic heterocycles. The largest absolute Gasteiger partial charge is 0.296 e. The smallest absolute Gasteiger partial charge is 0.127 e. The molecule has 0 radical (unpaired) electrons. The van der Waals surface area contributed by atoms with Gasteiger partial charge in [-0.25, -0.2) is 8.78 Å². The molecule has 4 heteroatoms. The van der Waals surface area contributed by atoms with Gasteiger partial charge in [0, 0.05) is 30.0 Å². The third-order valence-electron chi connectivity index (χ3n) is 2.48. The summed E-state index contributed by atoms with van der Waals surface area (Å²) >= 11 is 3.36. The Hall–Kier alpha value is -0.480. The third-order valence-corrected chi connectivity index (χ3v) is 2.84. The first kappa shape index (κ1) is 13.6. The van der Waals surface area contributed by atoms with Crippen molar-refractivity contribution in [2.45, 2.75) is 26.4 Å². The van der Waals surface area contributed by atoms with E-state index in [1.54, 1.807) is 0 Å². The van der Waals surface area contributed by atoms with Crippen molar-refractivity contribution in [3.63, 3.8) is 0 Å². The molecule has 16 heavy (non-hydrogen) atoms. The number of alkyl halides is 1. The molecule has 1 aromatic rings. The highest BCUT2D eigenvalue weighted by atomic mass is 79.9. The van der Waals surface area contributed by atoms with Crippen LogP contribution in [0.5, 0.6) is 0 Å². The zero-order valence-electron chi connectivity index (χ0n) is 9.51. The second-order valence-corrected chi connectivity index (χ2v) is 4.78. The van der Waals surface area contributed by atoms with E-state index in [9.17, 15) is 8.78 Å². The maximum Gasteiger partial charge on any atom is 0.127 e. The second kappa shape index (κ2) is 6.30. The van der Waals surface area contributed by atoms with E-state index in [0.717, 1.165) is 17.9 Å². The minimum Gasteiger partial charge on any atom is -0.296 e. The Bertz CT molecular complexity index is 342. The van der Waals surface area contributed by atoms with Crippen molar-refractivity contribution in [3.8, 4) is 0 Å². The van der Waals surface area contributed by atoms with Gasteiger partial charge in [0.05, 0.1) is 0 Å². The predicted molar refractivity (Wildman–Crippen MR) is 65.7 cm³/mol. The summed E-state index contributed by atoms with van der Waals surface area (Å²) in [4.78, 5) is 2.09. The Kier molecular flexibility index (Phi) is 5.35. The lowest BCUT2D eigenvalue weighted by Crippen LogP contribution is -2.32. The first-order chi connectivity index (χ1) is 7.54. The fourth-order valence-electron chi connectivity index (χ4n) is 1.51. The van der Waals surface area contributed by atoms with Gasteiger partial charge in [0.1, 0.15) is 11.6 Å². The van der Waals surface area contributed by atoms with Gasteiger partial charge in [0.25, 0.3) is 0 Å². The van der Waals surface area contributed by atoms with Crippen LogP contribution in [0.3, 0.4) is 0 Å². The maximum atomic E-state index is 13.4. The Labute approximate surface area is 104 Å². The van der Waals surface area contributed by atoms with Gasteiger partial charge in [0.2, 0.25) is 0 Å². The summed E-state index contributed by atoms with van der Waals surface area (Å²) in [5.74, 6) is -0.736. The normalized spacial score (nSPS) is 11.4. The molecule has 0 spiro atoms. The highest BCUT2D eigenvalue weighted by molar-refractivity contribution is 9.09. The van der Waals surface area contributed by atoms with Crippen LogP contribution in [-0.4, -0.2) is 22.8 Å². The lowest BCUT2D eigenvalue weighted by atomic mass is 10.1. The number of hydrogen-bond acceptors (Lipinski definition) is 1. The number of benzene rings is 1. The molecular formula is C12H16BrF2N. The summed E-state index contributed by atoms with van der Waals surface area (Å²) in [6, 6.07) is 3.89. The molecule has 0 unspecified atom stereocenters. The van der Waals surface area contributed by atoms with Gasteiger partial charge < -0.3 is 0 Å². The molecule has 1 aromatic carbocycles. The van der Waals surface area contributed by atoms with Gasteiger partial charge in [0.15, 0.2) is 0 Å². The van der Waals surface area contributed by atoms with Gasteiger partial charge in [-0.1, -0.05) is 15.9 Å². The van der Waals surface area contributed by atoms with Crippen LogP contribution >= 0.6 is 15.9 Å². The summed E-state index contributed by atoms with van der Waals surface area (Å²) < 4.78 is 26.4. The number of nitrogens with zero attached hydrogens (tertiary/aromatic N) is 1. The van der Waals surface area contributed by atoms with Crippen molar-refractivity contribution in [1.82, 2.24) is 4.90 Å². The van der Waals surface area contributed by atoms with Crippen LogP contribution in [0.1, 0.15) is 19.4 Å². The molecule has 0 aliphatic rings. The molecule has 0 N–H and O–H groups in total. The molecule has 0 bridgehead atoms. The van der Waals surface area contributed by atoms with Gasteiger partial charge >= 0.3 is 0 Å². The maximum absolute atomic E-state index is 13.4. The van der Waals surface area contributed by atoms with E-state index < -0.39 is 0 Å². The van der Waals surface area contributed by atoms with Crippen molar-refractivity contribution in [2.75, 3.05) is 11.9 Å². The lowest BCUT2D eigenvalue weighted by Gasteiger charge is -2.25. The first-order valence-electron chi connectivity index (χ1n) is 5.28. The molecule has 1 nitrogen and oxygen atoms in total. The summed E-state index contributed by atoms with van der Waals surface area (Å²) in [5, 5.41) is 0.822. The molecule has 0 saturated carbocycles. The molecule has 0 saturated heterocycles. The fourth-order valence-corrected chi connectivity index (χ4v) is 1.97. The second-order valence-electron chi connectivity index (χ2n) is 3.99. The molecule has 0 aromatic heterocycles. The van der Waals surface area contributed by atoms with Crippen molar-refractivity contribution < 1.29 is 8.78 Å². The summed E-state index contributed by atoms with van der Waals surface area (Å²) in [6.07, 6.45) is 0. The average molecular weight is 292 g/mol. The molecule has 0 heterocycles. The Morgan fingerprint density at radius 3 is 2.56 bits per heavy atom. The fraction of sp³-hybridized carbons (Fsp3) is 0.500. The molecule has 90 valence electrons. The van der Waals surface area contributed by atoms with E-state index in [0.29, 0.717) is 18.2 Å². The van der Waals surface area contributed by atoms with Crippen LogP contribution in [0, 0.1) is 11.6 Å². The van der Waals surface area contributed by atoms with E-state index in [1.165, 1.54) is 12.1 Å². The summed E-state index contributed by atoms with van der Waals surface area (Å²) in [7, 11) is 0. The first-order valence-corrected chi connectivity index (χ1v) is 6.40. The molecule has 0 amide bonds. The number of halogens is 3. The van der Waals surface area contributed by atoms with Crippen molar-refractivity contribution in [3.05, 3.63) is 35.4 Å². The number of rotatable bonds is 5. The standard InChI is InChI=1S/C12H16BrF2N/c1-9(2)16(6-5-13)8-10-7-11(14)3-4-12(10)15/h3-4,7,9H,5-6,8H2,1-2H3. The monoisotopic (exact) mass is 291 g/mol. The minimum atomic E-state index is -0.390. The van der Waals surface area contributed by atoms with Crippen LogP contribution in [0.15, 0.2) is 18.2 Å². The highest BCUT2D eigenvalue weighted by Crippen LogP contribution is 2.14. The molecule has 1 rings (SSSR count). The van der Waals surface area contributed by atoms with Gasteiger partial charge in [-0.3, -0.25) is 4.90 Å². The van der Waals surface area contributed by atoms with Crippen LogP contribution in [0.25, 0.3) is 0 Å². The van der Waals surface area contributed by atoms with E-state index in [2.05, 4.69) is 20.8 Å². The Morgan fingerprint density at radius 2 is 2.00 bits per heavy atom. The number of hydrogen-bond donors (Lipinski definition) is 0. The van der Waals surface area contributed by atoms with Gasteiger partial charge in [-0.15, -0.1) is 0 Å². The van der Waals surface area contributed by atoms with Gasteiger partial charge in [-0.2, -0.15) is 0 Å². The van der Waals surface area contributed by atoms with Crippen LogP contribution in [0.2, 0.25) is 0 Å². The SMILES string of the molecule is CC(C)N(CCBr)Cc1cc(F)ccc1F. The van der Waals surface area contributed by atoms with E-state index in [1.807, 2.05) is 13.8 Å². The van der Waals surface area contributed by atoms with Crippen LogP contribution in [0.4, 0.5) is 8.78 Å². The molecular weight excluding hydrogens is 276 g/mol. The topological polar surface area (TPSA) is 3.24 Å². The molecule has 0 fully saturated rings. The molecule has 0 aliphatic carbocycles. The van der Waals surface area contributed by atoms with E-state index >= 15 is 0 Å². The van der Waals surface area contributed by atoms with E-state index in [-0.39, 0.29) is 11.6 Å². The van der Waals surface area contributed by atoms with E-state index in [4.69, 9.17) is 0 Å².